The van der Waals surface area contributed by atoms with Gasteiger partial charge in [-0.3, -0.25) is 14.7 Å². The Morgan fingerprint density at radius 3 is 2.79 bits per heavy atom. The molecule has 1 aliphatic rings. The van der Waals surface area contributed by atoms with E-state index in [4.69, 9.17) is 10.5 Å². The molecule has 0 spiro atoms. The zero-order valence-electron chi connectivity index (χ0n) is 15.2. The summed E-state index contributed by atoms with van der Waals surface area (Å²) in [5.41, 5.74) is 7.64. The number of H-pyrrole nitrogens is 1. The number of hydrogen-bond acceptors (Lipinski definition) is 6. The van der Waals surface area contributed by atoms with Crippen LogP contribution in [-0.2, 0) is 9.53 Å². The highest BCUT2D eigenvalue weighted by Gasteiger charge is 2.32. The van der Waals surface area contributed by atoms with Crippen LogP contribution in [0.3, 0.4) is 0 Å². The van der Waals surface area contributed by atoms with Gasteiger partial charge in [-0.2, -0.15) is 15.4 Å². The number of primary amides is 1. The van der Waals surface area contributed by atoms with Gasteiger partial charge in [-0.15, -0.1) is 0 Å². The number of rotatable bonds is 6. The lowest BCUT2D eigenvalue weighted by Gasteiger charge is -2.14. The van der Waals surface area contributed by atoms with E-state index in [1.54, 1.807) is 36.7 Å². The number of carbonyl (C=O) groups excluding carboxylic acids is 2. The maximum atomic E-state index is 14.7. The minimum atomic E-state index is -0.578. The first kappa shape index (κ1) is 18.5. The van der Waals surface area contributed by atoms with Crippen LogP contribution in [0.2, 0.25) is 0 Å². The molecule has 29 heavy (non-hydrogen) atoms. The van der Waals surface area contributed by atoms with Gasteiger partial charge in [0.2, 0.25) is 5.91 Å². The molecule has 0 aliphatic carbocycles. The van der Waals surface area contributed by atoms with Gasteiger partial charge in [-0.05, 0) is 30.7 Å². The fourth-order valence-corrected chi connectivity index (χ4v) is 3.12. The standard InChI is InChI=1S/C19H17FN6O3/c20-15-7-12(26-10-13(29-19(26)28)3-6-18(21)27)2-4-14(15)11-1-5-16(22-8-11)17-9-23-25-24-17/h1-2,4-5,7-9,13H,3,6,10H2,(H2,21,27)(H,23,24,25). The molecular formula is C19H17FN6O3. The second-order valence-electron chi connectivity index (χ2n) is 6.57. The molecule has 1 saturated heterocycles. The third-order valence-electron chi connectivity index (χ3n) is 4.60. The van der Waals surface area contributed by atoms with E-state index < -0.39 is 23.9 Å². The minimum Gasteiger partial charge on any atom is -0.444 e. The van der Waals surface area contributed by atoms with E-state index in [2.05, 4.69) is 20.4 Å². The van der Waals surface area contributed by atoms with Crippen molar-refractivity contribution in [2.24, 2.45) is 5.73 Å². The number of nitrogens with zero attached hydrogens (tertiary/aromatic N) is 4. The Kier molecular flexibility index (Phi) is 4.90. The van der Waals surface area contributed by atoms with Crippen LogP contribution in [0.5, 0.6) is 0 Å². The van der Waals surface area contributed by atoms with E-state index in [0.717, 1.165) is 0 Å². The minimum absolute atomic E-state index is 0.121. The molecule has 148 valence electrons. The molecule has 3 aromatic rings. The molecule has 10 heteroatoms. The molecule has 2 amide bonds. The molecule has 1 aromatic carbocycles. The number of cyclic esters (lactones) is 1. The average Bonchev–Trinajstić information content (AvgIpc) is 3.36. The van der Waals surface area contributed by atoms with Crippen molar-refractivity contribution in [1.82, 2.24) is 20.4 Å². The Hall–Kier alpha value is -3.82. The topological polar surface area (TPSA) is 127 Å². The molecule has 0 saturated carbocycles. The predicted octanol–water partition coefficient (Wildman–Crippen LogP) is 2.26. The number of hydrogen-bond donors (Lipinski definition) is 2. The number of amides is 2. The molecule has 4 rings (SSSR count). The van der Waals surface area contributed by atoms with Crippen molar-refractivity contribution in [3.05, 3.63) is 48.5 Å². The quantitative estimate of drug-likeness (QED) is 0.658. The summed E-state index contributed by atoms with van der Waals surface area (Å²) in [6, 6.07) is 7.96. The molecule has 2 aromatic heterocycles. The molecular weight excluding hydrogens is 379 g/mol. The zero-order chi connectivity index (χ0) is 20.4. The molecule has 0 bridgehead atoms. The van der Waals surface area contributed by atoms with Crippen LogP contribution in [-0.4, -0.2) is 45.0 Å². The van der Waals surface area contributed by atoms with Crippen LogP contribution < -0.4 is 10.6 Å². The highest BCUT2D eigenvalue weighted by Crippen LogP contribution is 2.30. The Morgan fingerprint density at radius 2 is 2.14 bits per heavy atom. The zero-order valence-corrected chi connectivity index (χ0v) is 15.2. The smallest absolute Gasteiger partial charge is 0.414 e. The van der Waals surface area contributed by atoms with Crippen LogP contribution >= 0.6 is 0 Å². The lowest BCUT2D eigenvalue weighted by molar-refractivity contribution is -0.118. The van der Waals surface area contributed by atoms with Crippen molar-refractivity contribution >= 4 is 17.7 Å². The lowest BCUT2D eigenvalue weighted by Crippen LogP contribution is -2.25. The first-order chi connectivity index (χ1) is 14.0. The van der Waals surface area contributed by atoms with Gasteiger partial charge in [0, 0.05) is 23.7 Å². The normalized spacial score (nSPS) is 16.1. The number of aromatic amines is 1. The average molecular weight is 396 g/mol. The fraction of sp³-hybridized carbons (Fsp3) is 0.211. The maximum Gasteiger partial charge on any atom is 0.414 e. The number of nitrogens with one attached hydrogen (secondary N) is 1. The van der Waals surface area contributed by atoms with Crippen LogP contribution in [0.25, 0.3) is 22.5 Å². The summed E-state index contributed by atoms with van der Waals surface area (Å²) in [6.07, 6.45) is 2.52. The van der Waals surface area contributed by atoms with Gasteiger partial charge >= 0.3 is 6.09 Å². The van der Waals surface area contributed by atoms with Gasteiger partial charge in [0.05, 0.1) is 24.1 Å². The number of nitrogens with two attached hydrogens (primary N) is 1. The third-order valence-corrected chi connectivity index (χ3v) is 4.60. The van der Waals surface area contributed by atoms with Gasteiger partial charge in [-0.1, -0.05) is 6.07 Å². The van der Waals surface area contributed by atoms with Gasteiger partial charge in [0.15, 0.2) is 0 Å². The van der Waals surface area contributed by atoms with Crippen molar-refractivity contribution in [3.63, 3.8) is 0 Å². The molecule has 0 radical (unpaired) electrons. The summed E-state index contributed by atoms with van der Waals surface area (Å²) in [4.78, 5) is 28.6. The summed E-state index contributed by atoms with van der Waals surface area (Å²) >= 11 is 0. The van der Waals surface area contributed by atoms with Gasteiger partial charge < -0.3 is 10.5 Å². The van der Waals surface area contributed by atoms with E-state index >= 15 is 0 Å². The Balaban J connectivity index is 1.51. The van der Waals surface area contributed by atoms with E-state index in [9.17, 15) is 14.0 Å². The molecule has 1 fully saturated rings. The highest BCUT2D eigenvalue weighted by atomic mass is 19.1. The number of ether oxygens (including phenoxy) is 1. The number of halogens is 1. The maximum absolute atomic E-state index is 14.7. The van der Waals surface area contributed by atoms with Crippen LogP contribution in [0.15, 0.2) is 42.7 Å². The van der Waals surface area contributed by atoms with Crippen LogP contribution in [0.4, 0.5) is 14.9 Å². The van der Waals surface area contributed by atoms with Crippen molar-refractivity contribution < 1.29 is 18.7 Å². The molecule has 1 unspecified atom stereocenters. The van der Waals surface area contributed by atoms with Gasteiger partial charge in [0.25, 0.3) is 0 Å². The Labute approximate surface area is 164 Å². The number of anilines is 1. The Morgan fingerprint density at radius 1 is 1.28 bits per heavy atom. The van der Waals surface area contributed by atoms with Crippen LogP contribution in [0, 0.1) is 5.82 Å². The highest BCUT2D eigenvalue weighted by molar-refractivity contribution is 5.90. The third kappa shape index (κ3) is 3.91. The van der Waals surface area contributed by atoms with E-state index in [-0.39, 0.29) is 13.0 Å². The second kappa shape index (κ2) is 7.66. The number of pyridine rings is 1. The molecule has 3 heterocycles. The van der Waals surface area contributed by atoms with Crippen molar-refractivity contribution in [2.75, 3.05) is 11.4 Å². The van der Waals surface area contributed by atoms with Gasteiger partial charge in [-0.25, -0.2) is 9.18 Å². The first-order valence-corrected chi connectivity index (χ1v) is 8.90. The molecule has 1 aliphatic heterocycles. The first-order valence-electron chi connectivity index (χ1n) is 8.90. The summed E-state index contributed by atoms with van der Waals surface area (Å²) in [7, 11) is 0. The molecule has 9 nitrogen and oxygen atoms in total. The number of aromatic nitrogens is 4. The summed E-state index contributed by atoms with van der Waals surface area (Å²) in [5.74, 6) is -0.954. The summed E-state index contributed by atoms with van der Waals surface area (Å²) in [5, 5.41) is 10.2. The van der Waals surface area contributed by atoms with Crippen molar-refractivity contribution in [2.45, 2.75) is 18.9 Å². The van der Waals surface area contributed by atoms with Crippen LogP contribution in [0.1, 0.15) is 12.8 Å². The monoisotopic (exact) mass is 396 g/mol. The molecule has 1 atom stereocenters. The SMILES string of the molecule is NC(=O)CCC1CN(c2ccc(-c3ccc(-c4cn[nH]n4)nc3)c(F)c2)C(=O)O1. The Bertz CT molecular complexity index is 1040. The lowest BCUT2D eigenvalue weighted by atomic mass is 10.1. The predicted molar refractivity (Wildman–Crippen MR) is 101 cm³/mol. The van der Waals surface area contributed by atoms with E-state index in [0.29, 0.717) is 34.6 Å². The summed E-state index contributed by atoms with van der Waals surface area (Å²) in [6.45, 7) is 0.235. The van der Waals surface area contributed by atoms with Gasteiger partial charge in [0.1, 0.15) is 17.6 Å². The summed E-state index contributed by atoms with van der Waals surface area (Å²) < 4.78 is 20.0. The second-order valence-corrected chi connectivity index (χ2v) is 6.57. The molecule has 3 N–H and O–H groups in total. The van der Waals surface area contributed by atoms with Crippen molar-refractivity contribution in [3.8, 4) is 22.5 Å². The number of benzene rings is 1. The van der Waals surface area contributed by atoms with Crippen molar-refractivity contribution in [1.29, 1.82) is 0 Å². The largest absolute Gasteiger partial charge is 0.444 e. The number of carbonyl (C=O) groups is 2. The fourth-order valence-electron chi connectivity index (χ4n) is 3.12. The van der Waals surface area contributed by atoms with E-state index in [1.165, 1.54) is 11.0 Å². The van der Waals surface area contributed by atoms with E-state index in [1.807, 2.05) is 0 Å².